The molecule has 7 rings (SSSR count). The minimum Gasteiger partial charge on any atom is -0.473 e. The van der Waals surface area contributed by atoms with Gasteiger partial charge >= 0.3 is 11.9 Å². The fourth-order valence-electron chi connectivity index (χ4n) is 5.97. The number of ether oxygens (including phenoxy) is 3. The predicted molar refractivity (Wildman–Crippen MR) is 122 cm³/mol. The molecular weight excluding hydrogens is 496 g/mol. The Morgan fingerprint density at radius 3 is 2.65 bits per heavy atom. The Morgan fingerprint density at radius 2 is 1.92 bits per heavy atom. The molecule has 12 heteroatoms. The molecule has 5 heterocycles. The normalized spacial score (nSPS) is 23.4. The van der Waals surface area contributed by atoms with Crippen LogP contribution in [-0.2, 0) is 24.1 Å². The molecule has 2 bridgehead atoms. The summed E-state index contributed by atoms with van der Waals surface area (Å²) in [5.41, 5.74) is -1.06. The number of rotatable bonds is 7. The topological polar surface area (TPSA) is 78.7 Å². The Hall–Kier alpha value is -3.67. The van der Waals surface area contributed by atoms with Crippen LogP contribution in [-0.4, -0.2) is 40.3 Å². The lowest BCUT2D eigenvalue weighted by Gasteiger charge is -2.44. The largest absolute Gasteiger partial charge is 0.473 e. The maximum atomic E-state index is 14.6. The molecule has 1 saturated carbocycles. The Morgan fingerprint density at radius 1 is 1.11 bits per heavy atom. The third-order valence-electron chi connectivity index (χ3n) is 7.25. The quantitative estimate of drug-likeness (QED) is 0.435. The van der Waals surface area contributed by atoms with Gasteiger partial charge in [0.25, 0.3) is 0 Å². The number of alkyl halides is 3. The predicted octanol–water partition coefficient (Wildman–Crippen LogP) is 4.17. The van der Waals surface area contributed by atoms with E-state index in [4.69, 9.17) is 14.2 Å². The number of halogens is 4. The first-order valence-corrected chi connectivity index (χ1v) is 11.6. The van der Waals surface area contributed by atoms with Crippen molar-refractivity contribution in [2.75, 3.05) is 25.2 Å². The molecule has 1 spiro atoms. The van der Waals surface area contributed by atoms with Crippen LogP contribution in [0.3, 0.4) is 0 Å². The molecule has 0 amide bonds. The first-order chi connectivity index (χ1) is 17.6. The highest BCUT2D eigenvalue weighted by atomic mass is 19.4. The molecule has 0 radical (unpaired) electrons. The molecular formula is C25H22F4N4O4. The third-order valence-corrected chi connectivity index (χ3v) is 7.25. The number of aromatic nitrogens is 3. The van der Waals surface area contributed by atoms with Crippen molar-refractivity contribution in [3.63, 3.8) is 0 Å². The zero-order valence-corrected chi connectivity index (χ0v) is 19.7. The monoisotopic (exact) mass is 518 g/mol. The van der Waals surface area contributed by atoms with Gasteiger partial charge in [0.05, 0.1) is 18.7 Å². The van der Waals surface area contributed by atoms with Crippen molar-refractivity contribution < 1.29 is 31.8 Å². The van der Waals surface area contributed by atoms with E-state index in [1.807, 2.05) is 0 Å². The summed E-state index contributed by atoms with van der Waals surface area (Å²) in [4.78, 5) is 22.2. The molecule has 194 valence electrons. The molecule has 0 atom stereocenters. The standard InChI is InChI=1S/C25H22F4N4O4/c1-35-14-23-10-24(11-23)13-32-21(33(24)12-23)8-20(31-22(32)34)36-9-15-2-3-18(17(26)6-15)37-16-4-5-30-19(7-16)25(27,28)29/h2-8H,9-14H2,1H3. The number of hydrogen-bond acceptors (Lipinski definition) is 7. The number of hydrogen-bond donors (Lipinski definition) is 0. The summed E-state index contributed by atoms with van der Waals surface area (Å²) in [6, 6.07) is 7.59. The lowest BCUT2D eigenvalue weighted by Crippen LogP contribution is -2.50. The highest BCUT2D eigenvalue weighted by molar-refractivity contribution is 5.55. The van der Waals surface area contributed by atoms with Gasteiger partial charge in [0.1, 0.15) is 23.9 Å². The van der Waals surface area contributed by atoms with Crippen molar-refractivity contribution in [2.45, 2.75) is 37.7 Å². The highest BCUT2D eigenvalue weighted by Crippen LogP contribution is 2.63. The molecule has 3 aliphatic heterocycles. The van der Waals surface area contributed by atoms with Crippen LogP contribution in [0.5, 0.6) is 17.4 Å². The molecule has 8 nitrogen and oxygen atoms in total. The number of anilines is 1. The van der Waals surface area contributed by atoms with Crippen LogP contribution in [0.25, 0.3) is 0 Å². The number of methoxy groups -OCH3 is 1. The van der Waals surface area contributed by atoms with Crippen LogP contribution in [0, 0.1) is 11.2 Å². The van der Waals surface area contributed by atoms with Crippen molar-refractivity contribution in [2.24, 2.45) is 5.41 Å². The Labute approximate surface area is 208 Å². The summed E-state index contributed by atoms with van der Waals surface area (Å²) in [6.07, 6.45) is -1.77. The number of pyridine rings is 1. The minimum absolute atomic E-state index is 0.0698. The van der Waals surface area contributed by atoms with Crippen molar-refractivity contribution in [1.82, 2.24) is 14.5 Å². The number of nitrogens with zero attached hydrogens (tertiary/aromatic N) is 4. The Bertz CT molecular complexity index is 1430. The average molecular weight is 518 g/mol. The maximum Gasteiger partial charge on any atom is 0.433 e. The molecule has 4 aliphatic rings. The molecule has 3 aromatic rings. The fraction of sp³-hybridized carbons (Fsp3) is 0.400. The van der Waals surface area contributed by atoms with E-state index in [0.717, 1.165) is 37.5 Å². The molecule has 0 unspecified atom stereocenters. The van der Waals surface area contributed by atoms with Crippen LogP contribution >= 0.6 is 0 Å². The second-order valence-corrected chi connectivity index (χ2v) is 9.95. The summed E-state index contributed by atoms with van der Waals surface area (Å²) in [5, 5.41) is 0. The van der Waals surface area contributed by atoms with E-state index in [0.29, 0.717) is 24.8 Å². The van der Waals surface area contributed by atoms with Gasteiger partial charge in [-0.3, -0.25) is 9.55 Å². The molecule has 0 N–H and O–H groups in total. The SMILES string of the molecule is COCC12CN3c4cc(OCc5ccc(Oc6ccnc(C(F)(F)F)c6)c(F)c5)nc(=O)n4CC3(C1)C2. The molecule has 1 aliphatic carbocycles. The molecule has 1 aromatic carbocycles. The van der Waals surface area contributed by atoms with Crippen LogP contribution in [0.2, 0.25) is 0 Å². The van der Waals surface area contributed by atoms with E-state index in [1.165, 1.54) is 18.2 Å². The van der Waals surface area contributed by atoms with Crippen molar-refractivity contribution in [1.29, 1.82) is 0 Å². The van der Waals surface area contributed by atoms with E-state index in [-0.39, 0.29) is 34.9 Å². The van der Waals surface area contributed by atoms with Crippen molar-refractivity contribution in [3.05, 3.63) is 70.2 Å². The molecule has 37 heavy (non-hydrogen) atoms. The van der Waals surface area contributed by atoms with Gasteiger partial charge in [0.2, 0.25) is 5.88 Å². The van der Waals surface area contributed by atoms with Crippen LogP contribution in [0.1, 0.15) is 24.1 Å². The molecule has 2 saturated heterocycles. The van der Waals surface area contributed by atoms with Gasteiger partial charge in [-0.05, 0) is 36.6 Å². The second kappa shape index (κ2) is 8.17. The molecule has 2 aromatic heterocycles. The van der Waals surface area contributed by atoms with Gasteiger partial charge in [-0.1, -0.05) is 6.07 Å². The lowest BCUT2D eigenvalue weighted by molar-refractivity contribution is -0.141. The van der Waals surface area contributed by atoms with Gasteiger partial charge in [-0.2, -0.15) is 18.2 Å². The smallest absolute Gasteiger partial charge is 0.433 e. The number of fused-ring (bicyclic) bond motifs is 1. The summed E-state index contributed by atoms with van der Waals surface area (Å²) < 4.78 is 71.3. The zero-order valence-electron chi connectivity index (χ0n) is 19.7. The highest BCUT2D eigenvalue weighted by Gasteiger charge is 2.68. The lowest BCUT2D eigenvalue weighted by atomic mass is 9.62. The third kappa shape index (κ3) is 3.99. The van der Waals surface area contributed by atoms with E-state index in [1.54, 1.807) is 17.7 Å². The van der Waals surface area contributed by atoms with Crippen LogP contribution < -0.4 is 20.1 Å². The van der Waals surface area contributed by atoms with Gasteiger partial charge in [0, 0.05) is 37.4 Å². The summed E-state index contributed by atoms with van der Waals surface area (Å²) in [5.74, 6) is -0.333. The Balaban J connectivity index is 1.15. The minimum atomic E-state index is -4.64. The van der Waals surface area contributed by atoms with Gasteiger partial charge in [-0.15, -0.1) is 0 Å². The first kappa shape index (κ1) is 23.7. The summed E-state index contributed by atoms with van der Waals surface area (Å²) in [7, 11) is 1.70. The van der Waals surface area contributed by atoms with Gasteiger partial charge in [0.15, 0.2) is 11.6 Å². The maximum absolute atomic E-state index is 14.6. The second-order valence-electron chi connectivity index (χ2n) is 9.95. The molecule has 3 fully saturated rings. The van der Waals surface area contributed by atoms with Crippen molar-refractivity contribution in [3.8, 4) is 17.4 Å². The Kier molecular flexibility index (Phi) is 5.23. The first-order valence-electron chi connectivity index (χ1n) is 11.6. The van der Waals surface area contributed by atoms with E-state index in [9.17, 15) is 22.4 Å². The van der Waals surface area contributed by atoms with E-state index in [2.05, 4.69) is 14.9 Å². The van der Waals surface area contributed by atoms with Gasteiger partial charge in [-0.25, -0.2) is 9.18 Å². The van der Waals surface area contributed by atoms with Crippen molar-refractivity contribution >= 4 is 5.82 Å². The zero-order chi connectivity index (χ0) is 26.0. The average Bonchev–Trinajstić information content (AvgIpc) is 3.41. The van der Waals surface area contributed by atoms with E-state index >= 15 is 0 Å². The summed E-state index contributed by atoms with van der Waals surface area (Å²) in [6.45, 7) is 2.01. The summed E-state index contributed by atoms with van der Waals surface area (Å²) >= 11 is 0. The van der Waals surface area contributed by atoms with Crippen LogP contribution in [0.15, 0.2) is 47.4 Å². The fourth-order valence-corrected chi connectivity index (χ4v) is 5.97. The van der Waals surface area contributed by atoms with E-state index < -0.39 is 23.4 Å². The number of benzene rings is 1. The van der Waals surface area contributed by atoms with Gasteiger partial charge < -0.3 is 19.1 Å². The van der Waals surface area contributed by atoms with Crippen LogP contribution in [0.4, 0.5) is 23.4 Å².